The lowest BCUT2D eigenvalue weighted by molar-refractivity contribution is 0.102. The van der Waals surface area contributed by atoms with Gasteiger partial charge in [-0.3, -0.25) is 9.59 Å². The second-order valence-corrected chi connectivity index (χ2v) is 7.97. The van der Waals surface area contributed by atoms with E-state index in [-0.39, 0.29) is 11.5 Å². The summed E-state index contributed by atoms with van der Waals surface area (Å²) in [7, 11) is 0. The number of nitrogens with one attached hydrogen (secondary N) is 1. The molecule has 1 amide bonds. The zero-order valence-corrected chi connectivity index (χ0v) is 18.1. The van der Waals surface area contributed by atoms with Crippen LogP contribution in [0.1, 0.15) is 21.5 Å². The second-order valence-electron chi connectivity index (χ2n) is 7.97. The van der Waals surface area contributed by atoms with Crippen molar-refractivity contribution >= 4 is 11.6 Å². The van der Waals surface area contributed by atoms with Crippen LogP contribution < -0.4 is 10.9 Å². The van der Waals surface area contributed by atoms with E-state index in [4.69, 9.17) is 0 Å². The number of amides is 1. The summed E-state index contributed by atoms with van der Waals surface area (Å²) in [6, 6.07) is 26.7. The van der Waals surface area contributed by atoms with Gasteiger partial charge < -0.3 is 9.88 Å². The number of pyridine rings is 1. The Morgan fingerprint density at radius 2 is 1.64 bits per heavy atom. The van der Waals surface area contributed by atoms with Crippen molar-refractivity contribution in [2.45, 2.75) is 13.5 Å². The Kier molecular flexibility index (Phi) is 5.32. The topological polar surface area (TPSA) is 68.9 Å². The van der Waals surface area contributed by atoms with E-state index in [2.05, 4.69) is 10.4 Å². The van der Waals surface area contributed by atoms with Crippen molar-refractivity contribution in [2.24, 2.45) is 0 Å². The average Bonchev–Trinajstić information content (AvgIpc) is 3.16. The molecule has 2 heterocycles. The van der Waals surface area contributed by atoms with Crippen LogP contribution >= 0.6 is 0 Å². The van der Waals surface area contributed by atoms with E-state index in [1.165, 1.54) is 4.68 Å². The van der Waals surface area contributed by atoms with E-state index in [1.807, 2.05) is 96.4 Å². The monoisotopic (exact) mass is 434 g/mol. The van der Waals surface area contributed by atoms with Crippen molar-refractivity contribution in [3.05, 3.63) is 124 Å². The van der Waals surface area contributed by atoms with Crippen LogP contribution in [0, 0.1) is 6.92 Å². The molecule has 0 fully saturated rings. The molecule has 0 aromatic heterocycles. The SMILES string of the molecule is Cc1cccc(NC(=O)c2cn(Cc3ccccc3)cc3c(=O)n(-c4ccccc4)nc2-3)c1. The van der Waals surface area contributed by atoms with Crippen LogP contribution in [0.3, 0.4) is 0 Å². The predicted molar refractivity (Wildman–Crippen MR) is 129 cm³/mol. The lowest BCUT2D eigenvalue weighted by atomic mass is 10.1. The summed E-state index contributed by atoms with van der Waals surface area (Å²) in [4.78, 5) is 26.6. The summed E-state index contributed by atoms with van der Waals surface area (Å²) >= 11 is 0. The molecule has 1 N–H and O–H groups in total. The Bertz CT molecular complexity index is 1450. The average molecular weight is 434 g/mol. The number of fused-ring (bicyclic) bond motifs is 1. The summed E-state index contributed by atoms with van der Waals surface area (Å²) in [6.07, 6.45) is 3.52. The summed E-state index contributed by atoms with van der Waals surface area (Å²) in [6.45, 7) is 2.49. The molecule has 0 atom stereocenters. The molecule has 162 valence electrons. The van der Waals surface area contributed by atoms with Crippen molar-refractivity contribution < 1.29 is 4.79 Å². The van der Waals surface area contributed by atoms with Gasteiger partial charge in [-0.15, -0.1) is 0 Å². The first-order chi connectivity index (χ1) is 16.1. The van der Waals surface area contributed by atoms with Gasteiger partial charge in [0.1, 0.15) is 5.69 Å². The molecular formula is C27H22N4O2. The molecule has 0 saturated carbocycles. The third-order valence-corrected chi connectivity index (χ3v) is 5.45. The molecule has 2 aliphatic heterocycles. The van der Waals surface area contributed by atoms with Gasteiger partial charge in [-0.25, -0.2) is 0 Å². The summed E-state index contributed by atoms with van der Waals surface area (Å²) < 4.78 is 3.21. The third kappa shape index (κ3) is 4.19. The Hall–Kier alpha value is -4.45. The molecule has 0 bridgehead atoms. The van der Waals surface area contributed by atoms with Crippen LogP contribution in [-0.2, 0) is 6.54 Å². The van der Waals surface area contributed by atoms with Crippen molar-refractivity contribution in [3.8, 4) is 16.9 Å². The number of aryl methyl sites for hydroxylation is 1. The van der Waals surface area contributed by atoms with Crippen LogP contribution in [0.2, 0.25) is 0 Å². The van der Waals surface area contributed by atoms with Crippen molar-refractivity contribution in [2.75, 3.05) is 5.32 Å². The smallest absolute Gasteiger partial charge is 0.282 e. The first-order valence-corrected chi connectivity index (χ1v) is 10.7. The molecule has 0 saturated heterocycles. The highest BCUT2D eigenvalue weighted by Gasteiger charge is 2.24. The van der Waals surface area contributed by atoms with Crippen molar-refractivity contribution in [1.29, 1.82) is 0 Å². The molecule has 3 aromatic carbocycles. The quantitative estimate of drug-likeness (QED) is 0.434. The van der Waals surface area contributed by atoms with Gasteiger partial charge in [0.2, 0.25) is 0 Å². The maximum atomic E-state index is 13.3. The summed E-state index contributed by atoms with van der Waals surface area (Å²) in [5.74, 6) is -0.314. The van der Waals surface area contributed by atoms with E-state index in [9.17, 15) is 9.59 Å². The number of carbonyl (C=O) groups is 1. The van der Waals surface area contributed by atoms with Gasteiger partial charge in [0.15, 0.2) is 0 Å². The van der Waals surface area contributed by atoms with E-state index in [0.717, 1.165) is 11.1 Å². The molecule has 6 heteroatoms. The zero-order valence-electron chi connectivity index (χ0n) is 18.1. The molecular weight excluding hydrogens is 412 g/mol. The largest absolute Gasteiger partial charge is 0.348 e. The summed E-state index contributed by atoms with van der Waals surface area (Å²) in [5.41, 5.74) is 4.30. The van der Waals surface area contributed by atoms with Gasteiger partial charge in [-0.05, 0) is 42.3 Å². The second kappa shape index (κ2) is 8.59. The molecule has 33 heavy (non-hydrogen) atoms. The van der Waals surface area contributed by atoms with Crippen LogP contribution in [0.4, 0.5) is 5.69 Å². The number of anilines is 1. The fourth-order valence-electron chi connectivity index (χ4n) is 3.88. The van der Waals surface area contributed by atoms with Crippen LogP contribution in [0.25, 0.3) is 16.9 Å². The summed E-state index contributed by atoms with van der Waals surface area (Å²) in [5, 5.41) is 7.49. The van der Waals surface area contributed by atoms with Gasteiger partial charge in [-0.1, -0.05) is 60.7 Å². The lowest BCUT2D eigenvalue weighted by Crippen LogP contribution is -2.18. The Morgan fingerprint density at radius 1 is 0.909 bits per heavy atom. The maximum Gasteiger partial charge on any atom is 0.282 e. The number of aromatic nitrogens is 3. The number of carbonyl (C=O) groups excluding carboxylic acids is 1. The zero-order chi connectivity index (χ0) is 22.8. The molecule has 0 spiro atoms. The number of benzene rings is 3. The van der Waals surface area contributed by atoms with Crippen LogP contribution in [0.15, 0.2) is 102 Å². The number of hydrogen-bond donors (Lipinski definition) is 1. The Labute approximate surface area is 191 Å². The van der Waals surface area contributed by atoms with Gasteiger partial charge >= 0.3 is 0 Å². The lowest BCUT2D eigenvalue weighted by Gasteiger charge is -2.13. The van der Waals surface area contributed by atoms with E-state index < -0.39 is 0 Å². The minimum absolute atomic E-state index is 0.261. The maximum absolute atomic E-state index is 13.3. The molecule has 0 unspecified atom stereocenters. The molecule has 5 rings (SSSR count). The first-order valence-electron chi connectivity index (χ1n) is 10.7. The van der Waals surface area contributed by atoms with Crippen molar-refractivity contribution in [3.63, 3.8) is 0 Å². The fraction of sp³-hybridized carbons (Fsp3) is 0.0741. The van der Waals surface area contributed by atoms with Crippen molar-refractivity contribution in [1.82, 2.24) is 14.3 Å². The van der Waals surface area contributed by atoms with Gasteiger partial charge in [0.25, 0.3) is 11.5 Å². The first kappa shape index (κ1) is 20.5. The number of nitrogens with zero attached hydrogens (tertiary/aromatic N) is 3. The molecule has 3 aromatic rings. The third-order valence-electron chi connectivity index (χ3n) is 5.45. The Balaban J connectivity index is 1.63. The number of para-hydroxylation sites is 1. The van der Waals surface area contributed by atoms with E-state index >= 15 is 0 Å². The fourth-order valence-corrected chi connectivity index (χ4v) is 3.88. The number of rotatable bonds is 5. The van der Waals surface area contributed by atoms with E-state index in [0.29, 0.717) is 34.7 Å². The van der Waals surface area contributed by atoms with Gasteiger partial charge in [-0.2, -0.15) is 9.78 Å². The highest BCUT2D eigenvalue weighted by Crippen LogP contribution is 2.24. The molecule has 6 nitrogen and oxygen atoms in total. The highest BCUT2D eigenvalue weighted by atomic mass is 16.2. The van der Waals surface area contributed by atoms with Gasteiger partial charge in [0.05, 0.1) is 16.8 Å². The minimum atomic E-state index is -0.314. The number of hydrogen-bond acceptors (Lipinski definition) is 3. The van der Waals surface area contributed by atoms with Crippen LogP contribution in [-0.4, -0.2) is 20.3 Å². The Morgan fingerprint density at radius 3 is 2.36 bits per heavy atom. The van der Waals surface area contributed by atoms with E-state index in [1.54, 1.807) is 12.4 Å². The predicted octanol–water partition coefficient (Wildman–Crippen LogP) is 4.75. The normalized spacial score (nSPS) is 10.9. The van der Waals surface area contributed by atoms with Gasteiger partial charge in [0, 0.05) is 24.6 Å². The molecule has 2 aliphatic rings. The van der Waals surface area contributed by atoms with Crippen LogP contribution in [0.5, 0.6) is 0 Å². The molecule has 0 aliphatic carbocycles. The standard InChI is InChI=1S/C27H22N4O2/c1-19-9-8-12-21(15-19)28-26(32)23-17-30(16-20-10-4-2-5-11-20)18-24-25(23)29-31(27(24)33)22-13-6-3-7-14-22/h2-15,17-18H,16H2,1H3,(H,28,32). The molecule has 0 radical (unpaired) electrons. The minimum Gasteiger partial charge on any atom is -0.348 e. The highest BCUT2D eigenvalue weighted by molar-refractivity contribution is 6.08.